The van der Waals surface area contributed by atoms with E-state index in [1.165, 1.54) is 148 Å². The Morgan fingerprint density at radius 2 is 0.892 bits per heavy atom. The first-order valence-corrected chi connectivity index (χ1v) is 28.0. The predicted molar refractivity (Wildman–Crippen MR) is 282 cm³/mol. The number of carbonyl (C=O) groups excluding carboxylic acids is 2. The molecule has 0 saturated carbocycles. The van der Waals surface area contributed by atoms with Crippen LogP contribution in [0, 0.1) is 0 Å². The third kappa shape index (κ3) is 47.8. The standard InChI is InChI=1S/C59H107NO5/c1-4-7-10-13-16-19-22-25-28-31-33-36-39-42-45-48-51-57(62)56(54-61)60-58(63)53-55(50-47-44-41-38-35-32-29-26-23-20-17-14-11-8-5-2)65-59(64)52-49-46-43-40-37-34-30-27-24-21-18-15-12-9-6-3/h9,12,15,17-18,20-21,24,26,29,55-57,61-62H,4-8,10-11,13-14,16,19,22-23,25,27-28,30-54H2,1-3H3,(H,60,63)/b12-9+,18-15+,20-17-,24-21+,29-26-. The number of nitrogens with one attached hydrogen (secondary N) is 1. The van der Waals surface area contributed by atoms with Crippen molar-refractivity contribution in [2.45, 2.75) is 296 Å². The lowest BCUT2D eigenvalue weighted by atomic mass is 10.0. The summed E-state index contributed by atoms with van der Waals surface area (Å²) in [4.78, 5) is 26.2. The second-order valence-electron chi connectivity index (χ2n) is 19.0. The highest BCUT2D eigenvalue weighted by Crippen LogP contribution is 2.18. The molecule has 6 nitrogen and oxygen atoms in total. The number of amides is 1. The van der Waals surface area contributed by atoms with E-state index in [0.29, 0.717) is 19.3 Å². The van der Waals surface area contributed by atoms with Crippen molar-refractivity contribution in [2.75, 3.05) is 6.61 Å². The van der Waals surface area contributed by atoms with Crippen molar-refractivity contribution >= 4 is 11.9 Å². The second kappa shape index (κ2) is 52.5. The number of hydrogen-bond donors (Lipinski definition) is 3. The van der Waals surface area contributed by atoms with Gasteiger partial charge in [0.2, 0.25) is 5.91 Å². The summed E-state index contributed by atoms with van der Waals surface area (Å²) in [5, 5.41) is 23.9. The van der Waals surface area contributed by atoms with Crippen LogP contribution in [0.5, 0.6) is 0 Å². The van der Waals surface area contributed by atoms with Gasteiger partial charge in [0.15, 0.2) is 0 Å². The van der Waals surface area contributed by atoms with Gasteiger partial charge in [0.1, 0.15) is 6.10 Å². The number of allylic oxidation sites excluding steroid dienone is 10. The molecule has 0 saturated heterocycles. The zero-order valence-electron chi connectivity index (χ0n) is 43.1. The van der Waals surface area contributed by atoms with Gasteiger partial charge in [-0.2, -0.15) is 0 Å². The second-order valence-corrected chi connectivity index (χ2v) is 19.0. The molecule has 1 amide bonds. The van der Waals surface area contributed by atoms with Gasteiger partial charge in [-0.3, -0.25) is 9.59 Å². The number of aliphatic hydroxyl groups is 2. The molecule has 0 spiro atoms. The molecule has 6 heteroatoms. The molecule has 0 fully saturated rings. The normalized spacial score (nSPS) is 13.6. The summed E-state index contributed by atoms with van der Waals surface area (Å²) in [6, 6.07) is -0.711. The molecule has 0 aromatic heterocycles. The van der Waals surface area contributed by atoms with Crippen LogP contribution in [0.15, 0.2) is 60.8 Å². The van der Waals surface area contributed by atoms with E-state index in [1.807, 2.05) is 0 Å². The molecule has 0 aromatic carbocycles. The van der Waals surface area contributed by atoms with Gasteiger partial charge in [-0.15, -0.1) is 0 Å². The van der Waals surface area contributed by atoms with Gasteiger partial charge in [0.25, 0.3) is 0 Å². The molecular formula is C59H107NO5. The van der Waals surface area contributed by atoms with Crippen LogP contribution in [0.4, 0.5) is 0 Å². The van der Waals surface area contributed by atoms with E-state index in [4.69, 9.17) is 4.74 Å². The lowest BCUT2D eigenvalue weighted by Crippen LogP contribution is -2.46. The van der Waals surface area contributed by atoms with E-state index < -0.39 is 18.2 Å². The molecule has 3 N–H and O–H groups in total. The van der Waals surface area contributed by atoms with Gasteiger partial charge in [-0.25, -0.2) is 0 Å². The Hall–Kier alpha value is -2.44. The molecule has 0 aliphatic rings. The minimum Gasteiger partial charge on any atom is -0.462 e. The Morgan fingerprint density at radius 3 is 1.40 bits per heavy atom. The largest absolute Gasteiger partial charge is 0.462 e. The average molecular weight is 911 g/mol. The topological polar surface area (TPSA) is 95.9 Å². The quantitative estimate of drug-likeness (QED) is 0.0245. The smallest absolute Gasteiger partial charge is 0.306 e. The molecule has 3 atom stereocenters. The van der Waals surface area contributed by atoms with E-state index in [1.54, 1.807) is 0 Å². The zero-order valence-corrected chi connectivity index (χ0v) is 43.1. The molecule has 0 aliphatic carbocycles. The lowest BCUT2D eigenvalue weighted by molar-refractivity contribution is -0.151. The van der Waals surface area contributed by atoms with Crippen LogP contribution in [0.3, 0.4) is 0 Å². The Labute approximate surface area is 403 Å². The molecule has 65 heavy (non-hydrogen) atoms. The maximum atomic E-state index is 13.3. The third-order valence-electron chi connectivity index (χ3n) is 12.6. The minimum atomic E-state index is -0.796. The summed E-state index contributed by atoms with van der Waals surface area (Å²) in [5.74, 6) is -0.495. The number of unbranched alkanes of at least 4 members (excludes halogenated alkanes) is 30. The van der Waals surface area contributed by atoms with Crippen molar-refractivity contribution in [1.29, 1.82) is 0 Å². The molecule has 0 radical (unpaired) electrons. The van der Waals surface area contributed by atoms with Gasteiger partial charge in [0.05, 0.1) is 25.2 Å². The Morgan fingerprint density at radius 1 is 0.477 bits per heavy atom. The summed E-state index contributed by atoms with van der Waals surface area (Å²) in [7, 11) is 0. The SMILES string of the molecule is CC/C=C/C=C/C=C/CCCCCCCCCC(=O)OC(CCCCCCC/C=C\C/C=C\CCCCC)CC(=O)NC(CO)C(O)CCCCCCCCCCCCCCCCCC. The molecule has 0 rings (SSSR count). The Bertz CT molecular complexity index is 1160. The van der Waals surface area contributed by atoms with Crippen molar-refractivity contribution < 1.29 is 24.5 Å². The maximum Gasteiger partial charge on any atom is 0.306 e. The summed E-state index contributed by atoms with van der Waals surface area (Å²) in [6.07, 6.45) is 65.6. The number of rotatable bonds is 50. The van der Waals surface area contributed by atoms with Crippen LogP contribution in [0.2, 0.25) is 0 Å². The molecule has 378 valence electrons. The maximum absolute atomic E-state index is 13.3. The molecule has 0 aromatic rings. The van der Waals surface area contributed by atoms with Gasteiger partial charge in [-0.05, 0) is 77.0 Å². The first kappa shape index (κ1) is 62.6. The first-order valence-electron chi connectivity index (χ1n) is 28.0. The van der Waals surface area contributed by atoms with E-state index in [0.717, 1.165) is 83.5 Å². The number of ether oxygens (including phenoxy) is 1. The monoisotopic (exact) mass is 910 g/mol. The van der Waals surface area contributed by atoms with Gasteiger partial charge < -0.3 is 20.3 Å². The molecular weight excluding hydrogens is 803 g/mol. The fraction of sp³-hybridized carbons (Fsp3) is 0.797. The van der Waals surface area contributed by atoms with Crippen LogP contribution in [-0.2, 0) is 14.3 Å². The summed E-state index contributed by atoms with van der Waals surface area (Å²) < 4.78 is 5.94. The number of carbonyl (C=O) groups is 2. The van der Waals surface area contributed by atoms with E-state index in [-0.39, 0.29) is 24.9 Å². The van der Waals surface area contributed by atoms with Crippen LogP contribution in [-0.4, -0.2) is 46.9 Å². The lowest BCUT2D eigenvalue weighted by Gasteiger charge is -2.24. The number of aliphatic hydroxyl groups excluding tert-OH is 2. The molecule has 3 unspecified atom stereocenters. The van der Waals surface area contributed by atoms with E-state index in [2.05, 4.69) is 86.8 Å². The summed E-state index contributed by atoms with van der Waals surface area (Å²) >= 11 is 0. The van der Waals surface area contributed by atoms with Crippen molar-refractivity contribution in [3.05, 3.63) is 60.8 Å². The van der Waals surface area contributed by atoms with Crippen LogP contribution in [0.1, 0.15) is 278 Å². The minimum absolute atomic E-state index is 0.0627. The highest BCUT2D eigenvalue weighted by atomic mass is 16.5. The summed E-state index contributed by atoms with van der Waals surface area (Å²) in [6.45, 7) is 6.35. The van der Waals surface area contributed by atoms with E-state index in [9.17, 15) is 19.8 Å². The Balaban J connectivity index is 4.58. The molecule has 0 heterocycles. The van der Waals surface area contributed by atoms with Crippen LogP contribution < -0.4 is 5.32 Å². The van der Waals surface area contributed by atoms with Crippen molar-refractivity contribution in [2.24, 2.45) is 0 Å². The van der Waals surface area contributed by atoms with Gasteiger partial charge >= 0.3 is 5.97 Å². The van der Waals surface area contributed by atoms with Gasteiger partial charge in [-0.1, -0.05) is 248 Å². The van der Waals surface area contributed by atoms with Crippen LogP contribution >= 0.6 is 0 Å². The fourth-order valence-corrected chi connectivity index (χ4v) is 8.40. The number of hydrogen-bond acceptors (Lipinski definition) is 5. The highest BCUT2D eigenvalue weighted by Gasteiger charge is 2.24. The summed E-state index contributed by atoms with van der Waals surface area (Å²) in [5.41, 5.74) is 0. The van der Waals surface area contributed by atoms with E-state index >= 15 is 0 Å². The van der Waals surface area contributed by atoms with Crippen molar-refractivity contribution in [3.63, 3.8) is 0 Å². The molecule has 0 bridgehead atoms. The Kier molecular flexibility index (Phi) is 50.6. The van der Waals surface area contributed by atoms with Crippen molar-refractivity contribution in [1.82, 2.24) is 5.32 Å². The first-order chi connectivity index (χ1) is 32.0. The molecule has 0 aliphatic heterocycles. The predicted octanol–water partition coefficient (Wildman–Crippen LogP) is 17.2. The van der Waals surface area contributed by atoms with Gasteiger partial charge in [0, 0.05) is 6.42 Å². The van der Waals surface area contributed by atoms with Crippen LogP contribution in [0.25, 0.3) is 0 Å². The highest BCUT2D eigenvalue weighted by molar-refractivity contribution is 5.77. The number of esters is 1. The fourth-order valence-electron chi connectivity index (χ4n) is 8.40. The zero-order chi connectivity index (χ0) is 47.4. The third-order valence-corrected chi connectivity index (χ3v) is 12.6. The average Bonchev–Trinajstić information content (AvgIpc) is 3.30. The van der Waals surface area contributed by atoms with Crippen molar-refractivity contribution in [3.8, 4) is 0 Å².